The van der Waals surface area contributed by atoms with E-state index in [-0.39, 0.29) is 5.82 Å². The lowest BCUT2D eigenvalue weighted by atomic mass is 10.1. The largest absolute Gasteiger partial charge is 0.457 e. The quantitative estimate of drug-likeness (QED) is 0.889. The van der Waals surface area contributed by atoms with Crippen molar-refractivity contribution in [2.45, 2.75) is 19.8 Å². The minimum absolute atomic E-state index is 0.296. The molecule has 0 heterocycles. The molecule has 0 spiro atoms. The topological polar surface area (TPSA) is 35.2 Å². The van der Waals surface area contributed by atoms with Crippen LogP contribution in [0.5, 0.6) is 11.5 Å². The summed E-state index contributed by atoms with van der Waals surface area (Å²) in [6, 6.07) is 12.5. The zero-order valence-corrected chi connectivity index (χ0v) is 11.0. The monoisotopic (exact) mass is 259 g/mol. The Morgan fingerprint density at radius 3 is 2.68 bits per heavy atom. The minimum Gasteiger partial charge on any atom is -0.457 e. The van der Waals surface area contributed by atoms with Crippen molar-refractivity contribution < 1.29 is 9.13 Å². The van der Waals surface area contributed by atoms with Gasteiger partial charge in [-0.1, -0.05) is 25.1 Å². The molecule has 0 aliphatic heterocycles. The molecule has 2 rings (SSSR count). The van der Waals surface area contributed by atoms with E-state index in [9.17, 15) is 4.39 Å². The summed E-state index contributed by atoms with van der Waals surface area (Å²) in [7, 11) is 0. The Bertz CT molecular complexity index is 554. The van der Waals surface area contributed by atoms with E-state index < -0.39 is 0 Å². The fraction of sp³-hybridized carbons (Fsp3) is 0.250. The van der Waals surface area contributed by atoms with Crippen LogP contribution in [0.15, 0.2) is 42.5 Å². The second-order valence-electron chi connectivity index (χ2n) is 4.40. The number of benzene rings is 2. The molecule has 2 nitrogen and oxygen atoms in total. The van der Waals surface area contributed by atoms with E-state index >= 15 is 0 Å². The lowest BCUT2D eigenvalue weighted by Gasteiger charge is -2.11. The van der Waals surface area contributed by atoms with Gasteiger partial charge in [0.25, 0.3) is 0 Å². The number of hydrogen-bond acceptors (Lipinski definition) is 2. The second-order valence-corrected chi connectivity index (χ2v) is 4.40. The Morgan fingerprint density at radius 1 is 1.16 bits per heavy atom. The lowest BCUT2D eigenvalue weighted by Crippen LogP contribution is -2.03. The van der Waals surface area contributed by atoms with Crippen LogP contribution in [-0.2, 0) is 12.8 Å². The van der Waals surface area contributed by atoms with Crippen LogP contribution < -0.4 is 10.5 Å². The zero-order valence-electron chi connectivity index (χ0n) is 11.0. The highest BCUT2D eigenvalue weighted by molar-refractivity contribution is 5.39. The fourth-order valence-electron chi connectivity index (χ4n) is 2.01. The zero-order chi connectivity index (χ0) is 13.7. The first-order chi connectivity index (χ1) is 9.22. The van der Waals surface area contributed by atoms with Crippen LogP contribution in [-0.4, -0.2) is 6.54 Å². The number of hydrogen-bond donors (Lipinski definition) is 1. The Kier molecular flexibility index (Phi) is 4.53. The molecule has 2 aromatic rings. The van der Waals surface area contributed by atoms with E-state index in [1.807, 2.05) is 30.3 Å². The predicted octanol–water partition coefficient (Wildman–Crippen LogP) is 3.68. The van der Waals surface area contributed by atoms with Gasteiger partial charge in [-0.25, -0.2) is 4.39 Å². The first-order valence-corrected chi connectivity index (χ1v) is 6.48. The summed E-state index contributed by atoms with van der Waals surface area (Å²) in [5.41, 5.74) is 7.45. The van der Waals surface area contributed by atoms with Gasteiger partial charge in [0.1, 0.15) is 17.3 Å². The van der Waals surface area contributed by atoms with Crippen molar-refractivity contribution in [2.75, 3.05) is 6.54 Å². The van der Waals surface area contributed by atoms with Gasteiger partial charge in [-0.15, -0.1) is 0 Å². The van der Waals surface area contributed by atoms with Crippen LogP contribution in [0.2, 0.25) is 0 Å². The summed E-state index contributed by atoms with van der Waals surface area (Å²) in [5.74, 6) is 0.994. The molecule has 0 bridgehead atoms. The average molecular weight is 259 g/mol. The molecule has 0 unspecified atom stereocenters. The van der Waals surface area contributed by atoms with Crippen LogP contribution in [0, 0.1) is 5.82 Å². The van der Waals surface area contributed by atoms with Crippen LogP contribution in [0.1, 0.15) is 18.1 Å². The summed E-state index contributed by atoms with van der Waals surface area (Å²) >= 11 is 0. The van der Waals surface area contributed by atoms with Gasteiger partial charge in [0.2, 0.25) is 0 Å². The predicted molar refractivity (Wildman–Crippen MR) is 75.1 cm³/mol. The first kappa shape index (κ1) is 13.6. The standard InChI is InChI=1S/C16H18FNO/c1-2-13-5-3-4-6-16(13)19-15-10-12(7-8-18)9-14(17)11-15/h3-6,9-11H,2,7-8,18H2,1H3. The summed E-state index contributed by atoms with van der Waals surface area (Å²) in [6.07, 6.45) is 1.52. The average Bonchev–Trinajstić information content (AvgIpc) is 2.39. The maximum atomic E-state index is 13.5. The van der Waals surface area contributed by atoms with E-state index in [1.165, 1.54) is 12.1 Å². The van der Waals surface area contributed by atoms with Gasteiger partial charge in [-0.2, -0.15) is 0 Å². The van der Waals surface area contributed by atoms with Crippen molar-refractivity contribution in [1.82, 2.24) is 0 Å². The number of ether oxygens (including phenoxy) is 1. The van der Waals surface area contributed by atoms with Crippen LogP contribution >= 0.6 is 0 Å². The van der Waals surface area contributed by atoms with Crippen molar-refractivity contribution in [3.05, 3.63) is 59.4 Å². The summed E-state index contributed by atoms with van der Waals surface area (Å²) in [5, 5.41) is 0. The molecule has 0 aliphatic carbocycles. The maximum Gasteiger partial charge on any atom is 0.130 e. The van der Waals surface area contributed by atoms with Gasteiger partial charge >= 0.3 is 0 Å². The number of halogens is 1. The van der Waals surface area contributed by atoms with Gasteiger partial charge in [-0.05, 0) is 48.7 Å². The third-order valence-corrected chi connectivity index (χ3v) is 2.95. The Hall–Kier alpha value is -1.87. The highest BCUT2D eigenvalue weighted by Crippen LogP contribution is 2.27. The fourth-order valence-corrected chi connectivity index (χ4v) is 2.01. The molecular weight excluding hydrogens is 241 g/mol. The van der Waals surface area contributed by atoms with Gasteiger partial charge in [0, 0.05) is 6.07 Å². The van der Waals surface area contributed by atoms with Gasteiger partial charge in [-0.3, -0.25) is 0 Å². The molecule has 2 N–H and O–H groups in total. The van der Waals surface area contributed by atoms with E-state index in [4.69, 9.17) is 10.5 Å². The number of para-hydroxylation sites is 1. The van der Waals surface area contributed by atoms with Crippen molar-refractivity contribution in [3.63, 3.8) is 0 Å². The maximum absolute atomic E-state index is 13.5. The van der Waals surface area contributed by atoms with E-state index in [2.05, 4.69) is 6.92 Å². The molecule has 100 valence electrons. The normalized spacial score (nSPS) is 10.5. The first-order valence-electron chi connectivity index (χ1n) is 6.48. The van der Waals surface area contributed by atoms with E-state index in [1.54, 1.807) is 0 Å². The molecule has 0 amide bonds. The molecule has 2 aromatic carbocycles. The van der Waals surface area contributed by atoms with Crippen molar-refractivity contribution in [3.8, 4) is 11.5 Å². The van der Waals surface area contributed by atoms with Crippen molar-refractivity contribution in [1.29, 1.82) is 0 Å². The molecule has 19 heavy (non-hydrogen) atoms. The van der Waals surface area contributed by atoms with Gasteiger partial charge in [0.05, 0.1) is 0 Å². The molecular formula is C16H18FNO. The lowest BCUT2D eigenvalue weighted by molar-refractivity contribution is 0.470. The Balaban J connectivity index is 2.27. The highest BCUT2D eigenvalue weighted by Gasteiger charge is 2.05. The molecule has 0 atom stereocenters. The van der Waals surface area contributed by atoms with Crippen LogP contribution in [0.3, 0.4) is 0 Å². The van der Waals surface area contributed by atoms with Gasteiger partial charge in [0.15, 0.2) is 0 Å². The molecule has 3 heteroatoms. The second kappa shape index (κ2) is 6.34. The molecule has 0 fully saturated rings. The molecule has 0 aliphatic rings. The van der Waals surface area contributed by atoms with Crippen molar-refractivity contribution >= 4 is 0 Å². The smallest absolute Gasteiger partial charge is 0.130 e. The van der Waals surface area contributed by atoms with E-state index in [0.29, 0.717) is 18.7 Å². The highest BCUT2D eigenvalue weighted by atomic mass is 19.1. The molecule has 0 saturated heterocycles. The molecule has 0 aromatic heterocycles. The van der Waals surface area contributed by atoms with Crippen LogP contribution in [0.4, 0.5) is 4.39 Å². The van der Waals surface area contributed by atoms with E-state index in [0.717, 1.165) is 23.3 Å². The Morgan fingerprint density at radius 2 is 1.95 bits per heavy atom. The Labute approximate surface area is 113 Å². The summed E-state index contributed by atoms with van der Waals surface area (Å²) in [4.78, 5) is 0. The van der Waals surface area contributed by atoms with Crippen LogP contribution in [0.25, 0.3) is 0 Å². The summed E-state index contributed by atoms with van der Waals surface area (Å²) in [6.45, 7) is 2.56. The van der Waals surface area contributed by atoms with Gasteiger partial charge < -0.3 is 10.5 Å². The summed E-state index contributed by atoms with van der Waals surface area (Å²) < 4.78 is 19.3. The minimum atomic E-state index is -0.296. The third-order valence-electron chi connectivity index (χ3n) is 2.95. The number of nitrogens with two attached hydrogens (primary N) is 1. The SMILES string of the molecule is CCc1ccccc1Oc1cc(F)cc(CCN)c1. The number of rotatable bonds is 5. The van der Waals surface area contributed by atoms with Crippen molar-refractivity contribution in [2.24, 2.45) is 5.73 Å². The molecule has 0 radical (unpaired) electrons. The molecule has 0 saturated carbocycles. The third kappa shape index (κ3) is 3.55. The number of aryl methyl sites for hydroxylation is 1.